The second-order valence-electron chi connectivity index (χ2n) is 5.08. The summed E-state index contributed by atoms with van der Waals surface area (Å²) < 4.78 is 0. The van der Waals surface area contributed by atoms with E-state index in [2.05, 4.69) is 18.9 Å². The predicted octanol–water partition coefficient (Wildman–Crippen LogP) is 2.11. The number of nitrogen functional groups attached to an aromatic ring is 1. The van der Waals surface area contributed by atoms with Gasteiger partial charge in [0, 0.05) is 25.1 Å². The molecule has 96 valence electrons. The van der Waals surface area contributed by atoms with Crippen LogP contribution in [0, 0.1) is 11.8 Å². The summed E-state index contributed by atoms with van der Waals surface area (Å²) >= 11 is 0. The highest BCUT2D eigenvalue weighted by Crippen LogP contribution is 2.26. The Morgan fingerprint density at radius 3 is 2.50 bits per heavy atom. The molecule has 1 atom stereocenters. The molecule has 0 aliphatic carbocycles. The fourth-order valence-corrected chi connectivity index (χ4v) is 2.19. The lowest BCUT2D eigenvalue weighted by Gasteiger charge is -2.29. The van der Waals surface area contributed by atoms with Crippen LogP contribution in [0.15, 0.2) is 29.4 Å². The number of nitrogens with zero attached hydrogens (tertiary/aromatic N) is 2. The number of hydrogen-bond acceptors (Lipinski definition) is 3. The van der Waals surface area contributed by atoms with Gasteiger partial charge < -0.3 is 5.73 Å². The van der Waals surface area contributed by atoms with Crippen LogP contribution < -0.4 is 5.73 Å². The molecule has 1 unspecified atom stereocenters. The first kappa shape index (κ1) is 12.6. The third-order valence-electron chi connectivity index (χ3n) is 3.38. The Hall–Kier alpha value is -1.84. The van der Waals surface area contributed by atoms with E-state index in [4.69, 9.17) is 5.73 Å². The van der Waals surface area contributed by atoms with Gasteiger partial charge in [-0.05, 0) is 23.6 Å². The summed E-state index contributed by atoms with van der Waals surface area (Å²) in [5, 5.41) is 5.86. The van der Waals surface area contributed by atoms with Crippen LogP contribution in [0.5, 0.6) is 0 Å². The molecule has 1 aromatic carbocycles. The summed E-state index contributed by atoms with van der Waals surface area (Å²) in [5.74, 6) is 0.643. The van der Waals surface area contributed by atoms with Gasteiger partial charge in [-0.2, -0.15) is 5.10 Å². The van der Waals surface area contributed by atoms with Gasteiger partial charge >= 0.3 is 0 Å². The Morgan fingerprint density at radius 2 is 1.94 bits per heavy atom. The van der Waals surface area contributed by atoms with Crippen LogP contribution in [0.3, 0.4) is 0 Å². The quantitative estimate of drug-likeness (QED) is 0.811. The molecule has 0 radical (unpaired) electrons. The van der Waals surface area contributed by atoms with E-state index in [-0.39, 0.29) is 11.8 Å². The van der Waals surface area contributed by atoms with Crippen molar-refractivity contribution >= 4 is 17.3 Å². The predicted molar refractivity (Wildman–Crippen MR) is 73.1 cm³/mol. The number of amides is 1. The summed E-state index contributed by atoms with van der Waals surface area (Å²) in [6.07, 6.45) is 0.525. The second kappa shape index (κ2) is 4.80. The number of nitrogens with two attached hydrogens (primary N) is 1. The number of hydrazone groups is 1. The molecule has 1 aliphatic rings. The molecule has 0 fully saturated rings. The van der Waals surface area contributed by atoms with E-state index < -0.39 is 0 Å². The fourth-order valence-electron chi connectivity index (χ4n) is 2.19. The maximum absolute atomic E-state index is 11.7. The highest BCUT2D eigenvalue weighted by atomic mass is 16.2. The van der Waals surface area contributed by atoms with Crippen LogP contribution in [0.1, 0.15) is 25.8 Å². The number of hydrogen-bond donors (Lipinski definition) is 1. The molecule has 1 aliphatic heterocycles. The molecule has 0 spiro atoms. The Balaban J connectivity index is 2.41. The van der Waals surface area contributed by atoms with Crippen LogP contribution in [-0.2, 0) is 4.79 Å². The zero-order valence-corrected chi connectivity index (χ0v) is 11.1. The lowest BCUT2D eigenvalue weighted by atomic mass is 9.83. The van der Waals surface area contributed by atoms with Gasteiger partial charge in [-0.3, -0.25) is 4.79 Å². The van der Waals surface area contributed by atoms with Crippen molar-refractivity contribution in [3.05, 3.63) is 29.8 Å². The molecule has 0 saturated carbocycles. The number of carbonyl (C=O) groups is 1. The molecule has 4 nitrogen and oxygen atoms in total. The van der Waals surface area contributed by atoms with E-state index in [1.165, 1.54) is 5.01 Å². The van der Waals surface area contributed by atoms with Gasteiger partial charge in [0.05, 0.1) is 5.71 Å². The molecule has 2 rings (SSSR count). The second-order valence-corrected chi connectivity index (χ2v) is 5.08. The van der Waals surface area contributed by atoms with Crippen molar-refractivity contribution in [2.24, 2.45) is 16.9 Å². The van der Waals surface area contributed by atoms with E-state index >= 15 is 0 Å². The molecular formula is C14H19N3O. The Labute approximate surface area is 107 Å². The Bertz CT molecular complexity index is 476. The SMILES string of the molecule is CC(C)C1CC(=O)N(C)N=C1c1ccc(N)cc1. The molecule has 0 bridgehead atoms. The molecule has 0 saturated heterocycles. The number of carbonyl (C=O) groups excluding carboxylic acids is 1. The molecule has 1 amide bonds. The van der Waals surface area contributed by atoms with Crippen molar-refractivity contribution in [2.45, 2.75) is 20.3 Å². The highest BCUT2D eigenvalue weighted by Gasteiger charge is 2.30. The Morgan fingerprint density at radius 1 is 1.33 bits per heavy atom. The molecule has 0 aromatic heterocycles. The number of rotatable bonds is 2. The molecule has 1 aromatic rings. The van der Waals surface area contributed by atoms with Crippen molar-refractivity contribution in [3.63, 3.8) is 0 Å². The van der Waals surface area contributed by atoms with Crippen LogP contribution >= 0.6 is 0 Å². The summed E-state index contributed by atoms with van der Waals surface area (Å²) in [7, 11) is 1.70. The van der Waals surface area contributed by atoms with E-state index in [9.17, 15) is 4.79 Å². The van der Waals surface area contributed by atoms with Crippen LogP contribution in [-0.4, -0.2) is 23.7 Å². The topological polar surface area (TPSA) is 58.7 Å². The monoisotopic (exact) mass is 245 g/mol. The summed E-state index contributed by atoms with van der Waals surface area (Å²) in [6, 6.07) is 7.66. The average molecular weight is 245 g/mol. The normalized spacial score (nSPS) is 20.2. The van der Waals surface area contributed by atoms with Gasteiger partial charge in [0.1, 0.15) is 0 Å². The summed E-state index contributed by atoms with van der Waals surface area (Å²) in [5.41, 5.74) is 8.45. The molecular weight excluding hydrogens is 226 g/mol. The van der Waals surface area contributed by atoms with Crippen molar-refractivity contribution in [3.8, 4) is 0 Å². The number of benzene rings is 1. The minimum Gasteiger partial charge on any atom is -0.399 e. The van der Waals surface area contributed by atoms with Gasteiger partial charge in [0.2, 0.25) is 5.91 Å². The van der Waals surface area contributed by atoms with Gasteiger partial charge in [-0.1, -0.05) is 26.0 Å². The highest BCUT2D eigenvalue weighted by molar-refractivity contribution is 6.06. The first-order chi connectivity index (χ1) is 8.49. The maximum atomic E-state index is 11.7. The van der Waals surface area contributed by atoms with Crippen molar-refractivity contribution in [1.82, 2.24) is 5.01 Å². The van der Waals surface area contributed by atoms with Gasteiger partial charge in [-0.15, -0.1) is 0 Å². The smallest absolute Gasteiger partial charge is 0.243 e. The van der Waals surface area contributed by atoms with Crippen LogP contribution in [0.25, 0.3) is 0 Å². The largest absolute Gasteiger partial charge is 0.399 e. The molecule has 2 N–H and O–H groups in total. The first-order valence-electron chi connectivity index (χ1n) is 6.20. The number of anilines is 1. The van der Waals surface area contributed by atoms with Crippen LogP contribution in [0.4, 0.5) is 5.69 Å². The van der Waals surface area contributed by atoms with E-state index in [0.29, 0.717) is 12.3 Å². The van der Waals surface area contributed by atoms with Crippen molar-refractivity contribution in [2.75, 3.05) is 12.8 Å². The summed E-state index contributed by atoms with van der Waals surface area (Å²) in [4.78, 5) is 11.7. The first-order valence-corrected chi connectivity index (χ1v) is 6.20. The maximum Gasteiger partial charge on any atom is 0.243 e. The fraction of sp³-hybridized carbons (Fsp3) is 0.429. The standard InChI is InChI=1S/C14H19N3O/c1-9(2)12-8-13(18)17(3)16-14(12)10-4-6-11(15)7-5-10/h4-7,9,12H,8,15H2,1-3H3. The molecule has 4 heteroatoms. The molecule has 18 heavy (non-hydrogen) atoms. The van der Waals surface area contributed by atoms with E-state index in [1.807, 2.05) is 24.3 Å². The lowest BCUT2D eigenvalue weighted by molar-refractivity contribution is -0.131. The van der Waals surface area contributed by atoms with Gasteiger partial charge in [0.15, 0.2) is 0 Å². The van der Waals surface area contributed by atoms with Gasteiger partial charge in [-0.25, -0.2) is 5.01 Å². The average Bonchev–Trinajstić information content (AvgIpc) is 2.33. The lowest BCUT2D eigenvalue weighted by Crippen LogP contribution is -2.37. The molecule has 1 heterocycles. The summed E-state index contributed by atoms with van der Waals surface area (Å²) in [6.45, 7) is 4.24. The van der Waals surface area contributed by atoms with Gasteiger partial charge in [0.25, 0.3) is 0 Å². The minimum absolute atomic E-state index is 0.0768. The van der Waals surface area contributed by atoms with Crippen molar-refractivity contribution in [1.29, 1.82) is 0 Å². The third kappa shape index (κ3) is 2.37. The minimum atomic E-state index is 0.0768. The zero-order chi connectivity index (χ0) is 13.3. The van der Waals surface area contributed by atoms with Crippen LogP contribution in [0.2, 0.25) is 0 Å². The van der Waals surface area contributed by atoms with E-state index in [0.717, 1.165) is 17.0 Å². The Kier molecular flexibility index (Phi) is 3.36. The third-order valence-corrected chi connectivity index (χ3v) is 3.38. The van der Waals surface area contributed by atoms with E-state index in [1.54, 1.807) is 7.05 Å². The zero-order valence-electron chi connectivity index (χ0n) is 11.1. The van der Waals surface area contributed by atoms with Crippen molar-refractivity contribution < 1.29 is 4.79 Å².